The van der Waals surface area contributed by atoms with E-state index in [0.29, 0.717) is 16.3 Å². The lowest BCUT2D eigenvalue weighted by molar-refractivity contribution is -0.119. The molecule has 0 atom stereocenters. The van der Waals surface area contributed by atoms with E-state index < -0.39 is 15.9 Å². The van der Waals surface area contributed by atoms with E-state index in [-0.39, 0.29) is 6.54 Å². The first kappa shape index (κ1) is 23.7. The Morgan fingerprint density at radius 1 is 1.13 bits per heavy atom. The van der Waals surface area contributed by atoms with Gasteiger partial charge in [0.25, 0.3) is 5.91 Å². The predicted molar refractivity (Wildman–Crippen MR) is 124 cm³/mol. The second-order valence-electron chi connectivity index (χ2n) is 6.76. The minimum Gasteiger partial charge on any atom is -0.372 e. The number of sulfonamides is 1. The van der Waals surface area contributed by atoms with Crippen molar-refractivity contribution in [1.82, 2.24) is 5.43 Å². The SMILES string of the molecule is CCN(CC)c1ccc(/C=N\NC(=O)CN(c2ccc(Cl)cc2C)S(C)(=O)=O)cc1. The lowest BCUT2D eigenvalue weighted by Crippen LogP contribution is -2.39. The van der Waals surface area contributed by atoms with Gasteiger partial charge >= 0.3 is 0 Å². The molecule has 0 radical (unpaired) electrons. The maximum absolute atomic E-state index is 12.3. The minimum atomic E-state index is -3.67. The van der Waals surface area contributed by atoms with E-state index in [2.05, 4.69) is 29.3 Å². The summed E-state index contributed by atoms with van der Waals surface area (Å²) < 4.78 is 25.4. The number of nitrogens with one attached hydrogen (secondary N) is 1. The number of rotatable bonds is 9. The molecule has 0 fully saturated rings. The molecular formula is C21H27ClN4O3S. The van der Waals surface area contributed by atoms with Gasteiger partial charge in [0.05, 0.1) is 18.2 Å². The summed E-state index contributed by atoms with van der Waals surface area (Å²) in [5, 5.41) is 4.43. The van der Waals surface area contributed by atoms with Crippen LogP contribution in [0.4, 0.5) is 11.4 Å². The van der Waals surface area contributed by atoms with Gasteiger partial charge in [0.2, 0.25) is 10.0 Å². The van der Waals surface area contributed by atoms with Crippen LogP contribution in [-0.2, 0) is 14.8 Å². The number of hydrogen-bond acceptors (Lipinski definition) is 5. The van der Waals surface area contributed by atoms with Crippen LogP contribution < -0.4 is 14.6 Å². The standard InChI is InChI=1S/C21H27ClN4O3S/c1-5-25(6-2)19-10-7-17(8-11-19)14-23-24-21(27)15-26(30(4,28)29)20-12-9-18(22)13-16(20)3/h7-14H,5-6,15H2,1-4H3,(H,24,27)/b23-14-. The summed E-state index contributed by atoms with van der Waals surface area (Å²) in [6, 6.07) is 12.6. The molecule has 0 aliphatic carbocycles. The van der Waals surface area contributed by atoms with E-state index in [0.717, 1.165) is 34.9 Å². The second-order valence-corrected chi connectivity index (χ2v) is 9.10. The van der Waals surface area contributed by atoms with E-state index in [9.17, 15) is 13.2 Å². The summed E-state index contributed by atoms with van der Waals surface area (Å²) in [5.41, 5.74) is 5.36. The molecule has 0 heterocycles. The molecule has 0 unspecified atom stereocenters. The first-order chi connectivity index (χ1) is 14.2. The molecule has 0 saturated carbocycles. The lowest BCUT2D eigenvalue weighted by atomic mass is 10.2. The zero-order chi connectivity index (χ0) is 22.3. The molecule has 1 amide bonds. The van der Waals surface area contributed by atoms with Gasteiger partial charge in [0, 0.05) is 23.8 Å². The Hall–Kier alpha value is -2.58. The zero-order valence-corrected chi connectivity index (χ0v) is 19.2. The molecule has 0 aliphatic rings. The van der Waals surface area contributed by atoms with Crippen LogP contribution in [0.3, 0.4) is 0 Å². The summed E-state index contributed by atoms with van der Waals surface area (Å²) in [5.74, 6) is -0.550. The number of carbonyl (C=O) groups excluding carboxylic acids is 1. The molecule has 0 aliphatic heterocycles. The Morgan fingerprint density at radius 2 is 1.77 bits per heavy atom. The molecule has 1 N–H and O–H groups in total. The summed E-state index contributed by atoms with van der Waals surface area (Å²) in [6.07, 6.45) is 2.57. The highest BCUT2D eigenvalue weighted by molar-refractivity contribution is 7.92. The predicted octanol–water partition coefficient (Wildman–Crippen LogP) is 3.41. The van der Waals surface area contributed by atoms with Crippen LogP contribution in [0, 0.1) is 6.92 Å². The fourth-order valence-corrected chi connectivity index (χ4v) is 4.12. The Bertz CT molecular complexity index is 1000. The van der Waals surface area contributed by atoms with Gasteiger partial charge in [-0.1, -0.05) is 23.7 Å². The third-order valence-electron chi connectivity index (χ3n) is 4.54. The number of benzene rings is 2. The van der Waals surface area contributed by atoms with Gasteiger partial charge in [-0.15, -0.1) is 0 Å². The highest BCUT2D eigenvalue weighted by Crippen LogP contribution is 2.25. The third kappa shape index (κ3) is 6.47. The average Bonchev–Trinajstić information content (AvgIpc) is 2.68. The Balaban J connectivity index is 2.05. The van der Waals surface area contributed by atoms with Crippen molar-refractivity contribution < 1.29 is 13.2 Å². The number of hydrazone groups is 1. The number of carbonyl (C=O) groups is 1. The molecule has 2 aromatic carbocycles. The van der Waals surface area contributed by atoms with Gasteiger partial charge in [-0.3, -0.25) is 9.10 Å². The van der Waals surface area contributed by atoms with Crippen LogP contribution in [0.25, 0.3) is 0 Å². The van der Waals surface area contributed by atoms with Gasteiger partial charge in [-0.05, 0) is 62.2 Å². The largest absolute Gasteiger partial charge is 0.372 e. The first-order valence-corrected chi connectivity index (χ1v) is 11.8. The molecule has 0 aromatic heterocycles. The van der Waals surface area contributed by atoms with Crippen molar-refractivity contribution in [1.29, 1.82) is 0 Å². The van der Waals surface area contributed by atoms with E-state index in [1.165, 1.54) is 6.21 Å². The van der Waals surface area contributed by atoms with Crippen LogP contribution in [0.2, 0.25) is 5.02 Å². The van der Waals surface area contributed by atoms with Gasteiger partial charge in [0.15, 0.2) is 0 Å². The molecule has 0 spiro atoms. The van der Waals surface area contributed by atoms with Crippen LogP contribution in [0.15, 0.2) is 47.6 Å². The van der Waals surface area contributed by atoms with Crippen molar-refractivity contribution in [2.75, 3.05) is 35.1 Å². The Kier molecular flexibility index (Phi) is 8.25. The fraction of sp³-hybridized carbons (Fsp3) is 0.333. The van der Waals surface area contributed by atoms with Crippen LogP contribution in [-0.4, -0.2) is 46.4 Å². The van der Waals surface area contributed by atoms with Gasteiger partial charge in [-0.2, -0.15) is 5.10 Å². The minimum absolute atomic E-state index is 0.389. The second kappa shape index (κ2) is 10.4. The summed E-state index contributed by atoms with van der Waals surface area (Å²) >= 11 is 5.94. The van der Waals surface area contributed by atoms with Gasteiger partial charge in [-0.25, -0.2) is 13.8 Å². The number of nitrogens with zero attached hydrogens (tertiary/aromatic N) is 3. The Labute approximate surface area is 183 Å². The van der Waals surface area contributed by atoms with Crippen molar-refractivity contribution in [2.24, 2.45) is 5.10 Å². The number of aryl methyl sites for hydroxylation is 1. The highest BCUT2D eigenvalue weighted by Gasteiger charge is 2.22. The van der Waals surface area contributed by atoms with E-state index in [1.54, 1.807) is 25.1 Å². The van der Waals surface area contributed by atoms with Crippen molar-refractivity contribution in [2.45, 2.75) is 20.8 Å². The topological polar surface area (TPSA) is 82.1 Å². The molecule has 9 heteroatoms. The van der Waals surface area contributed by atoms with Crippen LogP contribution in [0.5, 0.6) is 0 Å². The zero-order valence-electron chi connectivity index (χ0n) is 17.6. The average molecular weight is 451 g/mol. The van der Waals surface area contributed by atoms with E-state index >= 15 is 0 Å². The summed E-state index contributed by atoms with van der Waals surface area (Å²) in [4.78, 5) is 14.5. The third-order valence-corrected chi connectivity index (χ3v) is 5.90. The smallest absolute Gasteiger partial charge is 0.260 e. The first-order valence-electron chi connectivity index (χ1n) is 9.56. The summed E-state index contributed by atoms with van der Waals surface area (Å²) in [7, 11) is -3.67. The number of halogens is 1. The molecule has 7 nitrogen and oxygen atoms in total. The summed E-state index contributed by atoms with van der Waals surface area (Å²) in [6.45, 7) is 7.38. The number of anilines is 2. The number of hydrogen-bond donors (Lipinski definition) is 1. The molecule has 0 bridgehead atoms. The molecule has 2 rings (SSSR count). The lowest BCUT2D eigenvalue weighted by Gasteiger charge is -2.23. The fourth-order valence-electron chi connectivity index (χ4n) is 2.98. The van der Waals surface area contributed by atoms with Crippen molar-refractivity contribution in [3.8, 4) is 0 Å². The normalized spacial score (nSPS) is 11.5. The molecule has 162 valence electrons. The van der Waals surface area contributed by atoms with Crippen molar-refractivity contribution in [3.63, 3.8) is 0 Å². The number of amides is 1. The molecule has 30 heavy (non-hydrogen) atoms. The quantitative estimate of drug-likeness (QED) is 0.468. The van der Waals surface area contributed by atoms with Gasteiger partial charge in [0.1, 0.15) is 6.54 Å². The van der Waals surface area contributed by atoms with E-state index in [4.69, 9.17) is 11.6 Å². The van der Waals surface area contributed by atoms with Crippen molar-refractivity contribution in [3.05, 3.63) is 58.6 Å². The van der Waals surface area contributed by atoms with Gasteiger partial charge < -0.3 is 4.90 Å². The Morgan fingerprint density at radius 3 is 2.30 bits per heavy atom. The molecule has 2 aromatic rings. The maximum Gasteiger partial charge on any atom is 0.260 e. The van der Waals surface area contributed by atoms with Crippen LogP contribution in [0.1, 0.15) is 25.0 Å². The molecule has 0 saturated heterocycles. The monoisotopic (exact) mass is 450 g/mol. The highest BCUT2D eigenvalue weighted by atomic mass is 35.5. The van der Waals surface area contributed by atoms with E-state index in [1.807, 2.05) is 24.3 Å². The van der Waals surface area contributed by atoms with Crippen molar-refractivity contribution >= 4 is 45.1 Å². The van der Waals surface area contributed by atoms with Crippen LogP contribution >= 0.6 is 11.6 Å². The molecular weight excluding hydrogens is 424 g/mol. The maximum atomic E-state index is 12.3.